The van der Waals surface area contributed by atoms with Gasteiger partial charge in [-0.15, -0.1) is 0 Å². The van der Waals surface area contributed by atoms with E-state index in [9.17, 15) is 0 Å². The van der Waals surface area contributed by atoms with Crippen LogP contribution < -0.4 is 10.2 Å². The van der Waals surface area contributed by atoms with E-state index >= 15 is 0 Å². The SMILES string of the molecule is CCC(C)N(CC)c1cncc(NC)n1. The fourth-order valence-corrected chi connectivity index (χ4v) is 1.53. The summed E-state index contributed by atoms with van der Waals surface area (Å²) < 4.78 is 0. The Hall–Kier alpha value is -1.32. The maximum atomic E-state index is 4.48. The van der Waals surface area contributed by atoms with Gasteiger partial charge in [-0.05, 0) is 20.3 Å². The molecular weight excluding hydrogens is 188 g/mol. The van der Waals surface area contributed by atoms with E-state index in [1.165, 1.54) is 0 Å². The molecule has 1 aromatic heterocycles. The second-order valence-electron chi connectivity index (χ2n) is 3.56. The first kappa shape index (κ1) is 11.8. The van der Waals surface area contributed by atoms with Gasteiger partial charge in [0.2, 0.25) is 0 Å². The van der Waals surface area contributed by atoms with Crippen LogP contribution in [-0.4, -0.2) is 29.6 Å². The lowest BCUT2D eigenvalue weighted by molar-refractivity contribution is 0.622. The number of hydrogen-bond donors (Lipinski definition) is 1. The van der Waals surface area contributed by atoms with Crippen molar-refractivity contribution in [3.05, 3.63) is 12.4 Å². The molecule has 0 saturated heterocycles. The number of aromatic nitrogens is 2. The van der Waals surface area contributed by atoms with E-state index in [-0.39, 0.29) is 0 Å². The van der Waals surface area contributed by atoms with Crippen LogP contribution in [-0.2, 0) is 0 Å². The lowest BCUT2D eigenvalue weighted by Crippen LogP contribution is -2.33. The van der Waals surface area contributed by atoms with Crippen LogP contribution in [0.2, 0.25) is 0 Å². The van der Waals surface area contributed by atoms with Gasteiger partial charge < -0.3 is 10.2 Å². The molecule has 0 amide bonds. The smallest absolute Gasteiger partial charge is 0.149 e. The average molecular weight is 208 g/mol. The lowest BCUT2D eigenvalue weighted by Gasteiger charge is -2.28. The molecule has 0 aliphatic heterocycles. The molecule has 1 atom stereocenters. The molecule has 1 heterocycles. The fraction of sp³-hybridized carbons (Fsp3) is 0.636. The van der Waals surface area contributed by atoms with Gasteiger partial charge in [0.1, 0.15) is 11.6 Å². The third-order valence-electron chi connectivity index (χ3n) is 2.64. The van der Waals surface area contributed by atoms with Gasteiger partial charge in [-0.3, -0.25) is 4.98 Å². The summed E-state index contributed by atoms with van der Waals surface area (Å²) in [6.45, 7) is 7.48. The first-order valence-electron chi connectivity index (χ1n) is 5.49. The minimum Gasteiger partial charge on any atom is -0.372 e. The number of hydrogen-bond acceptors (Lipinski definition) is 4. The van der Waals surface area contributed by atoms with Gasteiger partial charge in [-0.25, -0.2) is 4.98 Å². The summed E-state index contributed by atoms with van der Waals surface area (Å²) >= 11 is 0. The third kappa shape index (κ3) is 2.81. The summed E-state index contributed by atoms with van der Waals surface area (Å²) in [5.74, 6) is 1.76. The number of nitrogens with one attached hydrogen (secondary N) is 1. The number of rotatable bonds is 5. The van der Waals surface area contributed by atoms with Gasteiger partial charge in [-0.2, -0.15) is 0 Å². The summed E-state index contributed by atoms with van der Waals surface area (Å²) in [7, 11) is 1.85. The summed E-state index contributed by atoms with van der Waals surface area (Å²) in [6, 6.07) is 0.497. The van der Waals surface area contributed by atoms with Crippen LogP contribution >= 0.6 is 0 Å². The molecule has 0 fully saturated rings. The summed E-state index contributed by atoms with van der Waals surface area (Å²) in [5.41, 5.74) is 0. The Kier molecular flexibility index (Phi) is 4.34. The predicted octanol–water partition coefficient (Wildman–Crippen LogP) is 2.14. The third-order valence-corrected chi connectivity index (χ3v) is 2.64. The van der Waals surface area contributed by atoms with Crippen molar-refractivity contribution in [3.8, 4) is 0 Å². The Balaban J connectivity index is 2.91. The Morgan fingerprint density at radius 3 is 2.67 bits per heavy atom. The first-order valence-corrected chi connectivity index (χ1v) is 5.49. The van der Waals surface area contributed by atoms with Crippen molar-refractivity contribution in [2.24, 2.45) is 0 Å². The van der Waals surface area contributed by atoms with Crippen molar-refractivity contribution in [1.29, 1.82) is 0 Å². The van der Waals surface area contributed by atoms with Gasteiger partial charge >= 0.3 is 0 Å². The molecule has 0 saturated carbocycles. The largest absolute Gasteiger partial charge is 0.372 e. The van der Waals surface area contributed by atoms with Crippen LogP contribution in [0.5, 0.6) is 0 Å². The molecule has 0 radical (unpaired) electrons. The van der Waals surface area contributed by atoms with Crippen LogP contribution in [0.25, 0.3) is 0 Å². The van der Waals surface area contributed by atoms with Crippen molar-refractivity contribution in [1.82, 2.24) is 9.97 Å². The van der Waals surface area contributed by atoms with E-state index in [2.05, 4.69) is 41.0 Å². The van der Waals surface area contributed by atoms with Gasteiger partial charge in [0.05, 0.1) is 12.4 Å². The highest BCUT2D eigenvalue weighted by molar-refractivity contribution is 5.44. The topological polar surface area (TPSA) is 41.1 Å². The fourth-order valence-electron chi connectivity index (χ4n) is 1.53. The normalized spacial score (nSPS) is 12.3. The molecule has 15 heavy (non-hydrogen) atoms. The highest BCUT2D eigenvalue weighted by Gasteiger charge is 2.12. The lowest BCUT2D eigenvalue weighted by atomic mass is 10.2. The molecule has 0 aliphatic carbocycles. The molecule has 0 aliphatic rings. The zero-order valence-corrected chi connectivity index (χ0v) is 9.99. The Labute approximate surface area is 91.7 Å². The second-order valence-corrected chi connectivity index (χ2v) is 3.56. The van der Waals surface area contributed by atoms with E-state index in [0.29, 0.717) is 6.04 Å². The Bertz CT molecular complexity index is 300. The Morgan fingerprint density at radius 2 is 2.13 bits per heavy atom. The van der Waals surface area contributed by atoms with Crippen molar-refractivity contribution in [2.45, 2.75) is 33.2 Å². The quantitative estimate of drug-likeness (QED) is 0.805. The van der Waals surface area contributed by atoms with Crippen molar-refractivity contribution in [2.75, 3.05) is 23.8 Å². The maximum Gasteiger partial charge on any atom is 0.149 e. The molecule has 4 heteroatoms. The van der Waals surface area contributed by atoms with Crippen molar-refractivity contribution in [3.63, 3.8) is 0 Å². The van der Waals surface area contributed by atoms with Crippen molar-refractivity contribution >= 4 is 11.6 Å². The van der Waals surface area contributed by atoms with Gasteiger partial charge in [0, 0.05) is 19.6 Å². The second kappa shape index (κ2) is 5.53. The summed E-state index contributed by atoms with van der Waals surface area (Å²) in [5, 5.41) is 3.00. The zero-order valence-electron chi connectivity index (χ0n) is 9.99. The molecular formula is C11H20N4. The van der Waals surface area contributed by atoms with Crippen LogP contribution in [0.1, 0.15) is 27.2 Å². The molecule has 0 spiro atoms. The summed E-state index contributed by atoms with van der Waals surface area (Å²) in [4.78, 5) is 10.9. The van der Waals surface area contributed by atoms with E-state index in [1.54, 1.807) is 6.20 Å². The molecule has 0 aromatic carbocycles. The van der Waals surface area contributed by atoms with Gasteiger partial charge in [-0.1, -0.05) is 6.92 Å². The molecule has 1 unspecified atom stereocenters. The minimum atomic E-state index is 0.497. The van der Waals surface area contributed by atoms with E-state index in [4.69, 9.17) is 0 Å². The highest BCUT2D eigenvalue weighted by Crippen LogP contribution is 2.16. The molecule has 1 aromatic rings. The predicted molar refractivity (Wildman–Crippen MR) is 64.4 cm³/mol. The minimum absolute atomic E-state index is 0.497. The first-order chi connectivity index (χ1) is 7.22. The highest BCUT2D eigenvalue weighted by atomic mass is 15.2. The van der Waals surface area contributed by atoms with E-state index in [0.717, 1.165) is 24.6 Å². The monoisotopic (exact) mass is 208 g/mol. The van der Waals surface area contributed by atoms with E-state index in [1.807, 2.05) is 13.2 Å². The van der Waals surface area contributed by atoms with E-state index < -0.39 is 0 Å². The molecule has 84 valence electrons. The van der Waals surface area contributed by atoms with Crippen LogP contribution in [0.3, 0.4) is 0 Å². The van der Waals surface area contributed by atoms with Crippen molar-refractivity contribution < 1.29 is 0 Å². The van der Waals surface area contributed by atoms with Crippen LogP contribution in [0.15, 0.2) is 12.4 Å². The molecule has 1 N–H and O–H groups in total. The Morgan fingerprint density at radius 1 is 1.40 bits per heavy atom. The summed E-state index contributed by atoms with van der Waals surface area (Å²) in [6.07, 6.45) is 4.66. The maximum absolute atomic E-state index is 4.48. The number of anilines is 2. The molecule has 0 bridgehead atoms. The van der Waals surface area contributed by atoms with Crippen LogP contribution in [0, 0.1) is 0 Å². The van der Waals surface area contributed by atoms with Gasteiger partial charge in [0.15, 0.2) is 0 Å². The van der Waals surface area contributed by atoms with Gasteiger partial charge in [0.25, 0.3) is 0 Å². The zero-order chi connectivity index (χ0) is 11.3. The molecule has 4 nitrogen and oxygen atoms in total. The standard InChI is InChI=1S/C11H20N4/c1-5-9(3)15(6-2)11-8-13-7-10(12-4)14-11/h7-9H,5-6H2,1-4H3,(H,12,14). The number of nitrogens with zero attached hydrogens (tertiary/aromatic N) is 3. The van der Waals surface area contributed by atoms with Crippen LogP contribution in [0.4, 0.5) is 11.6 Å². The average Bonchev–Trinajstić information content (AvgIpc) is 2.30. The molecule has 1 rings (SSSR count).